The summed E-state index contributed by atoms with van der Waals surface area (Å²) < 4.78 is 0. The number of hydrogen-bond acceptors (Lipinski definition) is 1. The van der Waals surface area contributed by atoms with Crippen LogP contribution in [0.5, 0.6) is 0 Å². The van der Waals surface area contributed by atoms with Gasteiger partial charge in [-0.1, -0.05) is 41.4 Å². The largest absolute Gasteiger partial charge is 0.324 e. The van der Waals surface area contributed by atoms with Crippen LogP contribution < -0.4 is 5.73 Å². The Morgan fingerprint density at radius 1 is 0.950 bits per heavy atom. The lowest BCUT2D eigenvalue weighted by atomic mass is 9.97. The van der Waals surface area contributed by atoms with Crippen LogP contribution in [-0.2, 0) is 19.3 Å². The van der Waals surface area contributed by atoms with Gasteiger partial charge in [-0.05, 0) is 66.1 Å². The Hall–Kier alpha value is -1.02. The number of benzene rings is 2. The molecular formula is C17H17Cl2N. The van der Waals surface area contributed by atoms with Gasteiger partial charge in [0.1, 0.15) is 0 Å². The average molecular weight is 306 g/mol. The van der Waals surface area contributed by atoms with Crippen LogP contribution in [0.2, 0.25) is 10.0 Å². The molecule has 0 spiro atoms. The lowest BCUT2D eigenvalue weighted by molar-refractivity contribution is 0.721. The Morgan fingerprint density at radius 3 is 2.40 bits per heavy atom. The van der Waals surface area contributed by atoms with Gasteiger partial charge in [0.25, 0.3) is 0 Å². The van der Waals surface area contributed by atoms with Gasteiger partial charge in [0.2, 0.25) is 0 Å². The summed E-state index contributed by atoms with van der Waals surface area (Å²) in [7, 11) is 0. The summed E-state index contributed by atoms with van der Waals surface area (Å²) >= 11 is 12.1. The molecule has 0 amide bonds. The highest BCUT2D eigenvalue weighted by atomic mass is 35.5. The van der Waals surface area contributed by atoms with Gasteiger partial charge in [0.15, 0.2) is 0 Å². The van der Waals surface area contributed by atoms with E-state index in [4.69, 9.17) is 28.9 Å². The lowest BCUT2D eigenvalue weighted by Gasteiger charge is -2.14. The maximum atomic E-state index is 6.29. The quantitative estimate of drug-likeness (QED) is 0.872. The molecule has 0 fully saturated rings. The molecule has 3 heteroatoms. The third-order valence-corrected chi connectivity index (χ3v) is 4.37. The molecule has 3 rings (SSSR count). The second-order valence-corrected chi connectivity index (χ2v) is 6.34. The second-order valence-electron chi connectivity index (χ2n) is 5.47. The zero-order valence-electron chi connectivity index (χ0n) is 11.2. The third-order valence-electron chi connectivity index (χ3n) is 3.93. The van der Waals surface area contributed by atoms with E-state index in [9.17, 15) is 0 Å². The molecule has 0 bridgehead atoms. The van der Waals surface area contributed by atoms with Gasteiger partial charge in [-0.25, -0.2) is 0 Å². The summed E-state index contributed by atoms with van der Waals surface area (Å²) in [5, 5.41) is 1.27. The highest BCUT2D eigenvalue weighted by Gasteiger charge is 2.13. The molecule has 1 nitrogen and oxygen atoms in total. The Kier molecular flexibility index (Phi) is 4.02. The van der Waals surface area contributed by atoms with Crippen molar-refractivity contribution in [2.75, 3.05) is 0 Å². The molecule has 0 aromatic heterocycles. The Morgan fingerprint density at radius 2 is 1.65 bits per heavy atom. The molecule has 0 saturated carbocycles. The van der Waals surface area contributed by atoms with Crippen molar-refractivity contribution < 1.29 is 0 Å². The van der Waals surface area contributed by atoms with Crippen LogP contribution in [0.25, 0.3) is 0 Å². The van der Waals surface area contributed by atoms with E-state index in [0.29, 0.717) is 10.0 Å². The molecule has 0 aliphatic heterocycles. The maximum Gasteiger partial charge on any atom is 0.0424 e. The fourth-order valence-corrected chi connectivity index (χ4v) is 3.46. The van der Waals surface area contributed by atoms with Crippen LogP contribution >= 0.6 is 23.2 Å². The highest BCUT2D eigenvalue weighted by Crippen LogP contribution is 2.27. The number of fused-ring (bicyclic) bond motifs is 1. The minimum absolute atomic E-state index is 0.0781. The van der Waals surface area contributed by atoms with Crippen molar-refractivity contribution in [3.8, 4) is 0 Å². The van der Waals surface area contributed by atoms with Crippen molar-refractivity contribution in [3.63, 3.8) is 0 Å². The van der Waals surface area contributed by atoms with Gasteiger partial charge in [0, 0.05) is 16.1 Å². The van der Waals surface area contributed by atoms with Crippen molar-refractivity contribution in [1.82, 2.24) is 0 Å². The number of aryl methyl sites for hydroxylation is 2. The summed E-state index contributed by atoms with van der Waals surface area (Å²) in [6.45, 7) is 0. The van der Waals surface area contributed by atoms with E-state index >= 15 is 0 Å². The zero-order valence-corrected chi connectivity index (χ0v) is 12.7. The van der Waals surface area contributed by atoms with Crippen LogP contribution in [0.4, 0.5) is 0 Å². The van der Waals surface area contributed by atoms with Crippen LogP contribution in [0.15, 0.2) is 36.4 Å². The molecule has 1 atom stereocenters. The van der Waals surface area contributed by atoms with Crippen molar-refractivity contribution in [3.05, 3.63) is 68.7 Å². The SMILES string of the molecule is NC(Cc1ccc2c(c1)CCC2)c1cc(Cl)cc(Cl)c1. The predicted octanol–water partition coefficient (Wildman–Crippen LogP) is 4.72. The van der Waals surface area contributed by atoms with Crippen molar-refractivity contribution in [2.24, 2.45) is 5.73 Å². The normalized spacial score (nSPS) is 15.2. The first kappa shape index (κ1) is 13.9. The van der Waals surface area contributed by atoms with Crippen LogP contribution in [0, 0.1) is 0 Å². The molecule has 1 aliphatic rings. The Labute approximate surface area is 129 Å². The van der Waals surface area contributed by atoms with Gasteiger partial charge in [-0.2, -0.15) is 0 Å². The van der Waals surface area contributed by atoms with Crippen LogP contribution in [0.3, 0.4) is 0 Å². The van der Waals surface area contributed by atoms with E-state index < -0.39 is 0 Å². The summed E-state index contributed by atoms with van der Waals surface area (Å²) in [5.41, 5.74) is 11.5. The summed E-state index contributed by atoms with van der Waals surface area (Å²) in [6, 6.07) is 12.2. The molecule has 104 valence electrons. The molecular weight excluding hydrogens is 289 g/mol. The second kappa shape index (κ2) is 5.77. The van der Waals surface area contributed by atoms with Gasteiger partial charge in [0.05, 0.1) is 0 Å². The number of hydrogen-bond donors (Lipinski definition) is 1. The molecule has 0 heterocycles. The Balaban J connectivity index is 1.80. The average Bonchev–Trinajstić information content (AvgIpc) is 2.85. The monoisotopic (exact) mass is 305 g/mol. The fraction of sp³-hybridized carbons (Fsp3) is 0.294. The van der Waals surface area contributed by atoms with Crippen molar-refractivity contribution >= 4 is 23.2 Å². The molecule has 2 aromatic rings. The minimum Gasteiger partial charge on any atom is -0.324 e. The molecule has 1 unspecified atom stereocenters. The van der Waals surface area contributed by atoms with Gasteiger partial charge >= 0.3 is 0 Å². The first-order chi connectivity index (χ1) is 9.61. The molecule has 2 aromatic carbocycles. The topological polar surface area (TPSA) is 26.0 Å². The fourth-order valence-electron chi connectivity index (χ4n) is 2.91. The number of nitrogens with two attached hydrogens (primary N) is 1. The Bertz CT molecular complexity index is 617. The van der Waals surface area contributed by atoms with Crippen molar-refractivity contribution in [2.45, 2.75) is 31.7 Å². The van der Waals surface area contributed by atoms with E-state index in [2.05, 4.69) is 18.2 Å². The molecule has 1 aliphatic carbocycles. The first-order valence-corrected chi connectivity index (χ1v) is 7.69. The van der Waals surface area contributed by atoms with E-state index in [0.717, 1.165) is 12.0 Å². The maximum absolute atomic E-state index is 6.29. The first-order valence-electron chi connectivity index (χ1n) is 6.94. The predicted molar refractivity (Wildman–Crippen MR) is 85.6 cm³/mol. The smallest absolute Gasteiger partial charge is 0.0424 e. The highest BCUT2D eigenvalue weighted by molar-refractivity contribution is 6.34. The van der Waals surface area contributed by atoms with Gasteiger partial charge < -0.3 is 5.73 Å². The van der Waals surface area contributed by atoms with Crippen LogP contribution in [0.1, 0.15) is 34.7 Å². The van der Waals surface area contributed by atoms with Crippen LogP contribution in [-0.4, -0.2) is 0 Å². The molecule has 2 N–H and O–H groups in total. The standard InChI is InChI=1S/C17H17Cl2N/c18-15-8-14(9-16(19)10-15)17(20)7-11-4-5-12-2-1-3-13(12)6-11/h4-6,8-10,17H,1-3,7,20H2. The van der Waals surface area contributed by atoms with Crippen molar-refractivity contribution in [1.29, 1.82) is 0 Å². The zero-order chi connectivity index (χ0) is 14.1. The molecule has 0 radical (unpaired) electrons. The molecule has 0 saturated heterocycles. The lowest BCUT2D eigenvalue weighted by Crippen LogP contribution is -2.13. The van der Waals surface area contributed by atoms with Gasteiger partial charge in [-0.3, -0.25) is 0 Å². The van der Waals surface area contributed by atoms with E-state index in [1.54, 1.807) is 6.07 Å². The van der Waals surface area contributed by atoms with E-state index in [1.807, 2.05) is 12.1 Å². The number of rotatable bonds is 3. The molecule has 20 heavy (non-hydrogen) atoms. The number of halogens is 2. The summed E-state index contributed by atoms with van der Waals surface area (Å²) in [6.07, 6.45) is 4.49. The third kappa shape index (κ3) is 3.01. The van der Waals surface area contributed by atoms with E-state index in [-0.39, 0.29) is 6.04 Å². The van der Waals surface area contributed by atoms with Gasteiger partial charge in [-0.15, -0.1) is 0 Å². The summed E-state index contributed by atoms with van der Waals surface area (Å²) in [5.74, 6) is 0. The van der Waals surface area contributed by atoms with E-state index in [1.165, 1.54) is 36.0 Å². The summed E-state index contributed by atoms with van der Waals surface area (Å²) in [4.78, 5) is 0. The minimum atomic E-state index is -0.0781.